The zero-order chi connectivity index (χ0) is 13.1. The van der Waals surface area contributed by atoms with Crippen LogP contribution in [0.3, 0.4) is 0 Å². The van der Waals surface area contributed by atoms with Gasteiger partial charge < -0.3 is 5.32 Å². The number of aromatic nitrogens is 3. The lowest BCUT2D eigenvalue weighted by Crippen LogP contribution is -2.40. The van der Waals surface area contributed by atoms with Crippen LogP contribution >= 0.6 is 11.3 Å². The first-order valence-electron chi connectivity index (χ1n) is 5.50. The monoisotopic (exact) mass is 266 g/mol. The highest BCUT2D eigenvalue weighted by atomic mass is 32.1. The maximum atomic E-state index is 11.8. The molecule has 0 fully saturated rings. The average Bonchev–Trinajstić information content (AvgIpc) is 2.86. The Labute approximate surface area is 108 Å². The Morgan fingerprint density at radius 1 is 1.39 bits per heavy atom. The molecule has 96 valence electrons. The third-order valence-electron chi connectivity index (χ3n) is 2.56. The molecule has 0 bridgehead atoms. The number of anilines is 1. The van der Waals surface area contributed by atoms with Gasteiger partial charge in [0, 0.05) is 25.5 Å². The summed E-state index contributed by atoms with van der Waals surface area (Å²) >= 11 is 1.67. The van der Waals surface area contributed by atoms with Gasteiger partial charge in [0.25, 0.3) is 5.56 Å². The molecule has 0 aliphatic heterocycles. The van der Waals surface area contributed by atoms with Gasteiger partial charge in [-0.05, 0) is 17.9 Å². The summed E-state index contributed by atoms with van der Waals surface area (Å²) < 4.78 is 2.19. The molecule has 0 atom stereocenters. The molecular formula is C11H14N4O2S. The van der Waals surface area contributed by atoms with Crippen molar-refractivity contribution in [3.05, 3.63) is 43.2 Å². The Morgan fingerprint density at radius 3 is 2.83 bits per heavy atom. The smallest absolute Gasteiger partial charge is 0.346 e. The number of nitrogens with zero attached hydrogens (tertiary/aromatic N) is 3. The van der Waals surface area contributed by atoms with Crippen molar-refractivity contribution < 1.29 is 0 Å². The van der Waals surface area contributed by atoms with Crippen LogP contribution in [-0.2, 0) is 20.5 Å². The fraction of sp³-hybridized carbons (Fsp3) is 0.364. The Hall–Kier alpha value is -1.89. The van der Waals surface area contributed by atoms with Crippen molar-refractivity contribution in [3.8, 4) is 0 Å². The standard InChI is InChI=1S/C11H14N4O2S/c1-14-10(16)9(13-15(2)11(14)17)12-6-5-8-4-3-7-18-8/h3-4,7H,5-6H2,1-2H3,(H,12,13). The van der Waals surface area contributed by atoms with Crippen LogP contribution in [0.2, 0.25) is 0 Å². The zero-order valence-corrected chi connectivity index (χ0v) is 11.0. The van der Waals surface area contributed by atoms with Gasteiger partial charge >= 0.3 is 5.69 Å². The Balaban J connectivity index is 2.10. The third-order valence-corrected chi connectivity index (χ3v) is 3.50. The van der Waals surface area contributed by atoms with Crippen LogP contribution in [0.1, 0.15) is 4.88 Å². The summed E-state index contributed by atoms with van der Waals surface area (Å²) in [7, 11) is 2.96. The van der Waals surface area contributed by atoms with E-state index in [9.17, 15) is 9.59 Å². The van der Waals surface area contributed by atoms with Crippen LogP contribution < -0.4 is 16.6 Å². The van der Waals surface area contributed by atoms with E-state index in [0.717, 1.165) is 15.7 Å². The zero-order valence-electron chi connectivity index (χ0n) is 10.2. The summed E-state index contributed by atoms with van der Waals surface area (Å²) in [6.07, 6.45) is 0.825. The van der Waals surface area contributed by atoms with E-state index in [0.29, 0.717) is 6.54 Å². The molecule has 18 heavy (non-hydrogen) atoms. The number of hydrogen-bond acceptors (Lipinski definition) is 5. The van der Waals surface area contributed by atoms with Crippen LogP contribution in [0.5, 0.6) is 0 Å². The van der Waals surface area contributed by atoms with Crippen LogP contribution in [0, 0.1) is 0 Å². The van der Waals surface area contributed by atoms with Crippen LogP contribution in [0.25, 0.3) is 0 Å². The topological polar surface area (TPSA) is 68.9 Å². The van der Waals surface area contributed by atoms with E-state index in [2.05, 4.69) is 10.4 Å². The quantitative estimate of drug-likeness (QED) is 0.858. The SMILES string of the molecule is Cn1nc(NCCc2cccs2)c(=O)n(C)c1=O. The average molecular weight is 266 g/mol. The van der Waals surface area contributed by atoms with E-state index < -0.39 is 11.2 Å². The molecule has 1 N–H and O–H groups in total. The first-order valence-corrected chi connectivity index (χ1v) is 6.38. The van der Waals surface area contributed by atoms with Crippen LogP contribution in [-0.4, -0.2) is 20.9 Å². The predicted molar refractivity (Wildman–Crippen MR) is 71.2 cm³/mol. The van der Waals surface area contributed by atoms with Crippen molar-refractivity contribution in [3.63, 3.8) is 0 Å². The van der Waals surface area contributed by atoms with E-state index in [1.807, 2.05) is 17.5 Å². The number of thiophene rings is 1. The van der Waals surface area contributed by atoms with Gasteiger partial charge in [0.15, 0.2) is 0 Å². The van der Waals surface area contributed by atoms with Crippen molar-refractivity contribution in [2.24, 2.45) is 14.1 Å². The summed E-state index contributed by atoms with van der Waals surface area (Å²) in [6.45, 7) is 0.612. The van der Waals surface area contributed by atoms with Gasteiger partial charge in [0.1, 0.15) is 0 Å². The fourth-order valence-corrected chi connectivity index (χ4v) is 2.28. The summed E-state index contributed by atoms with van der Waals surface area (Å²) in [5, 5.41) is 8.89. The maximum absolute atomic E-state index is 11.8. The second-order valence-electron chi connectivity index (χ2n) is 3.88. The van der Waals surface area contributed by atoms with E-state index in [1.165, 1.54) is 19.0 Å². The lowest BCUT2D eigenvalue weighted by atomic mass is 10.3. The second kappa shape index (κ2) is 5.18. The second-order valence-corrected chi connectivity index (χ2v) is 4.91. The van der Waals surface area contributed by atoms with E-state index in [4.69, 9.17) is 0 Å². The third kappa shape index (κ3) is 2.51. The van der Waals surface area contributed by atoms with Gasteiger partial charge in [-0.3, -0.25) is 9.36 Å². The van der Waals surface area contributed by atoms with Gasteiger partial charge in [-0.1, -0.05) is 6.07 Å². The molecule has 0 saturated heterocycles. The molecule has 0 radical (unpaired) electrons. The van der Waals surface area contributed by atoms with Crippen molar-refractivity contribution in [2.75, 3.05) is 11.9 Å². The predicted octanol–water partition coefficient (Wildman–Crippen LogP) is 0.195. The summed E-state index contributed by atoms with van der Waals surface area (Å²) in [6, 6.07) is 4.03. The molecule has 7 heteroatoms. The van der Waals surface area contributed by atoms with E-state index in [-0.39, 0.29) is 5.82 Å². The number of rotatable bonds is 4. The molecule has 6 nitrogen and oxygen atoms in total. The highest BCUT2D eigenvalue weighted by Crippen LogP contribution is 2.08. The fourth-order valence-electron chi connectivity index (χ4n) is 1.57. The van der Waals surface area contributed by atoms with Crippen molar-refractivity contribution in [1.29, 1.82) is 0 Å². The van der Waals surface area contributed by atoms with Crippen molar-refractivity contribution in [2.45, 2.75) is 6.42 Å². The molecule has 2 aromatic rings. The molecule has 2 aromatic heterocycles. The molecule has 0 aliphatic rings. The Bertz CT molecular complexity index is 642. The lowest BCUT2D eigenvalue weighted by molar-refractivity contribution is 0.604. The molecule has 0 saturated carbocycles. The minimum Gasteiger partial charge on any atom is -0.364 e. The summed E-state index contributed by atoms with van der Waals surface area (Å²) in [5.41, 5.74) is -0.826. The molecule has 2 heterocycles. The molecule has 0 amide bonds. The minimum atomic E-state index is -0.427. The number of hydrogen-bond donors (Lipinski definition) is 1. The summed E-state index contributed by atoms with van der Waals surface area (Å²) in [5.74, 6) is 0.205. The van der Waals surface area contributed by atoms with E-state index in [1.54, 1.807) is 11.3 Å². The van der Waals surface area contributed by atoms with Crippen LogP contribution in [0.4, 0.5) is 5.82 Å². The molecule has 0 aliphatic carbocycles. The minimum absolute atomic E-state index is 0.205. The van der Waals surface area contributed by atoms with Crippen molar-refractivity contribution in [1.82, 2.24) is 14.3 Å². The molecule has 0 spiro atoms. The van der Waals surface area contributed by atoms with Gasteiger partial charge in [-0.25, -0.2) is 9.48 Å². The normalized spacial score (nSPS) is 10.6. The first kappa shape index (κ1) is 12.6. The molecule has 0 unspecified atom stereocenters. The number of nitrogens with one attached hydrogen (secondary N) is 1. The van der Waals surface area contributed by atoms with Crippen molar-refractivity contribution >= 4 is 17.2 Å². The van der Waals surface area contributed by atoms with Gasteiger partial charge in [-0.15, -0.1) is 16.4 Å². The largest absolute Gasteiger partial charge is 0.364 e. The van der Waals surface area contributed by atoms with Crippen LogP contribution in [0.15, 0.2) is 27.1 Å². The van der Waals surface area contributed by atoms with E-state index >= 15 is 0 Å². The lowest BCUT2D eigenvalue weighted by Gasteiger charge is -2.07. The van der Waals surface area contributed by atoms with Gasteiger partial charge in [0.2, 0.25) is 5.82 Å². The highest BCUT2D eigenvalue weighted by molar-refractivity contribution is 7.09. The molecule has 0 aromatic carbocycles. The maximum Gasteiger partial charge on any atom is 0.346 e. The number of aryl methyl sites for hydroxylation is 1. The summed E-state index contributed by atoms with van der Waals surface area (Å²) in [4.78, 5) is 24.4. The molecular weight excluding hydrogens is 252 g/mol. The highest BCUT2D eigenvalue weighted by Gasteiger charge is 2.07. The first-order chi connectivity index (χ1) is 8.59. The van der Waals surface area contributed by atoms with Gasteiger partial charge in [-0.2, -0.15) is 0 Å². The Morgan fingerprint density at radius 2 is 2.17 bits per heavy atom. The van der Waals surface area contributed by atoms with Gasteiger partial charge in [0.05, 0.1) is 0 Å². The molecule has 2 rings (SSSR count). The Kier molecular flexibility index (Phi) is 3.61.